The van der Waals surface area contributed by atoms with Crippen LogP contribution in [0.5, 0.6) is 5.75 Å². The average Bonchev–Trinajstić information content (AvgIpc) is 2.51. The van der Waals surface area contributed by atoms with Gasteiger partial charge in [0.05, 0.1) is 6.26 Å². The van der Waals surface area contributed by atoms with Gasteiger partial charge in [0, 0.05) is 6.42 Å². The highest BCUT2D eigenvalue weighted by molar-refractivity contribution is 5.38. The number of rotatable bonds is 6. The first kappa shape index (κ1) is 14.4. The zero-order valence-electron chi connectivity index (χ0n) is 12.3. The number of hydrogen-bond acceptors (Lipinski definition) is 1. The van der Waals surface area contributed by atoms with Crippen LogP contribution >= 0.6 is 0 Å². The summed E-state index contributed by atoms with van der Waals surface area (Å²) in [6.45, 7) is 4.32. The quantitative estimate of drug-likeness (QED) is 0.639. The van der Waals surface area contributed by atoms with Gasteiger partial charge in [0.1, 0.15) is 5.75 Å². The molecular weight excluding hydrogens is 244 g/mol. The van der Waals surface area contributed by atoms with Crippen LogP contribution in [-0.2, 0) is 6.42 Å². The van der Waals surface area contributed by atoms with E-state index in [2.05, 4.69) is 50.2 Å². The third kappa shape index (κ3) is 3.99. The highest BCUT2D eigenvalue weighted by Gasteiger charge is 2.03. The van der Waals surface area contributed by atoms with E-state index >= 15 is 0 Å². The Hall–Kier alpha value is -2.02. The summed E-state index contributed by atoms with van der Waals surface area (Å²) in [6.07, 6.45) is 4.89. The number of benzene rings is 2. The molecule has 2 aromatic carbocycles. The summed E-state index contributed by atoms with van der Waals surface area (Å²) in [5, 5.41) is 0. The maximum atomic E-state index is 5.89. The van der Waals surface area contributed by atoms with E-state index in [1.807, 2.05) is 24.5 Å². The first-order chi connectivity index (χ1) is 9.83. The van der Waals surface area contributed by atoms with E-state index in [4.69, 9.17) is 4.74 Å². The Morgan fingerprint density at radius 2 is 1.55 bits per heavy atom. The summed E-state index contributed by atoms with van der Waals surface area (Å²) in [5.41, 5.74) is 3.86. The van der Waals surface area contributed by atoms with Crippen molar-refractivity contribution in [2.45, 2.75) is 33.1 Å². The molecule has 0 radical (unpaired) electrons. The maximum absolute atomic E-state index is 5.89. The van der Waals surface area contributed by atoms with Crippen LogP contribution in [0.3, 0.4) is 0 Å². The predicted octanol–water partition coefficient (Wildman–Crippen LogP) is 5.36. The van der Waals surface area contributed by atoms with Gasteiger partial charge in [-0.15, -0.1) is 0 Å². The summed E-state index contributed by atoms with van der Waals surface area (Å²) in [6, 6.07) is 18.8. The van der Waals surface area contributed by atoms with Crippen molar-refractivity contribution in [3.63, 3.8) is 0 Å². The van der Waals surface area contributed by atoms with Crippen molar-refractivity contribution in [1.82, 2.24) is 0 Å². The fourth-order valence-electron chi connectivity index (χ4n) is 2.14. The molecule has 0 aliphatic carbocycles. The Kier molecular flexibility index (Phi) is 5.43. The van der Waals surface area contributed by atoms with Crippen molar-refractivity contribution < 1.29 is 4.74 Å². The third-order valence-electron chi connectivity index (χ3n) is 3.47. The van der Waals surface area contributed by atoms with E-state index < -0.39 is 0 Å². The lowest BCUT2D eigenvalue weighted by atomic mass is 10.0. The molecule has 0 N–H and O–H groups in total. The Morgan fingerprint density at radius 1 is 0.900 bits per heavy atom. The molecular formula is C19H22O. The Morgan fingerprint density at radius 3 is 2.25 bits per heavy atom. The molecule has 0 bridgehead atoms. The minimum absolute atomic E-state index is 0.901. The monoisotopic (exact) mass is 266 g/mol. The Balaban J connectivity index is 2.16. The van der Waals surface area contributed by atoms with Crippen LogP contribution < -0.4 is 4.74 Å². The van der Waals surface area contributed by atoms with Gasteiger partial charge in [-0.25, -0.2) is 0 Å². The third-order valence-corrected chi connectivity index (χ3v) is 3.47. The number of para-hydroxylation sites is 1. The van der Waals surface area contributed by atoms with Crippen molar-refractivity contribution >= 4 is 0 Å². The number of hydrogen-bond donors (Lipinski definition) is 0. The first-order valence-corrected chi connectivity index (χ1v) is 7.29. The lowest BCUT2D eigenvalue weighted by molar-refractivity contribution is 0.466. The molecule has 0 fully saturated rings. The van der Waals surface area contributed by atoms with Crippen LogP contribution in [-0.4, -0.2) is 0 Å². The first-order valence-electron chi connectivity index (χ1n) is 7.29. The second-order valence-corrected chi connectivity index (χ2v) is 4.87. The van der Waals surface area contributed by atoms with E-state index in [1.165, 1.54) is 16.7 Å². The van der Waals surface area contributed by atoms with Gasteiger partial charge in [-0.05, 0) is 35.6 Å². The molecule has 0 aliphatic heterocycles. The molecule has 104 valence electrons. The Bertz CT molecular complexity index is 549. The van der Waals surface area contributed by atoms with Crippen molar-refractivity contribution in [2.75, 3.05) is 0 Å². The van der Waals surface area contributed by atoms with Crippen molar-refractivity contribution in [2.24, 2.45) is 0 Å². The molecule has 0 heterocycles. The molecule has 2 aromatic rings. The van der Waals surface area contributed by atoms with Crippen LogP contribution in [0.4, 0.5) is 0 Å². The van der Waals surface area contributed by atoms with Gasteiger partial charge in [-0.2, -0.15) is 0 Å². The number of ether oxygens (including phenoxy) is 1. The second-order valence-electron chi connectivity index (χ2n) is 4.87. The molecule has 1 heteroatoms. The molecule has 1 nitrogen and oxygen atoms in total. The molecule has 20 heavy (non-hydrogen) atoms. The molecule has 0 saturated heterocycles. The number of allylic oxidation sites excluding steroid dienone is 1. The fourth-order valence-corrected chi connectivity index (χ4v) is 2.14. The van der Waals surface area contributed by atoms with Crippen LogP contribution in [0.25, 0.3) is 0 Å². The largest absolute Gasteiger partial charge is 0.465 e. The topological polar surface area (TPSA) is 9.23 Å². The molecule has 2 rings (SSSR count). The van der Waals surface area contributed by atoms with Gasteiger partial charge in [0.25, 0.3) is 0 Å². The zero-order valence-corrected chi connectivity index (χ0v) is 12.3. The van der Waals surface area contributed by atoms with E-state index in [9.17, 15) is 0 Å². The molecule has 0 amide bonds. The standard InChI is InChI=1S/C19H22O/c1-3-16(4-2)15-20-19-13-9-8-12-18(19)14-17-10-6-5-7-11-17/h5-13,15H,3-4,14H2,1-2H3. The van der Waals surface area contributed by atoms with Crippen LogP contribution in [0.1, 0.15) is 37.8 Å². The summed E-state index contributed by atoms with van der Waals surface area (Å²) >= 11 is 0. The van der Waals surface area contributed by atoms with Crippen molar-refractivity contribution in [3.05, 3.63) is 77.6 Å². The van der Waals surface area contributed by atoms with Gasteiger partial charge in [-0.1, -0.05) is 62.4 Å². The van der Waals surface area contributed by atoms with Crippen LogP contribution in [0, 0.1) is 0 Å². The molecule has 0 atom stereocenters. The summed E-state index contributed by atoms with van der Waals surface area (Å²) in [7, 11) is 0. The SMILES string of the molecule is CCC(=COc1ccccc1Cc1ccccc1)CC. The maximum Gasteiger partial charge on any atom is 0.130 e. The normalized spacial score (nSPS) is 10.1. The highest BCUT2D eigenvalue weighted by Crippen LogP contribution is 2.22. The van der Waals surface area contributed by atoms with Crippen LogP contribution in [0.15, 0.2) is 66.4 Å². The molecule has 0 unspecified atom stereocenters. The zero-order chi connectivity index (χ0) is 14.2. The van der Waals surface area contributed by atoms with Gasteiger partial charge in [0.2, 0.25) is 0 Å². The highest BCUT2D eigenvalue weighted by atomic mass is 16.5. The smallest absolute Gasteiger partial charge is 0.130 e. The summed E-state index contributed by atoms with van der Waals surface area (Å²) < 4.78 is 5.89. The lowest BCUT2D eigenvalue weighted by Crippen LogP contribution is -1.94. The van der Waals surface area contributed by atoms with Gasteiger partial charge in [-0.3, -0.25) is 0 Å². The average molecular weight is 266 g/mol. The van der Waals surface area contributed by atoms with E-state index in [0.29, 0.717) is 0 Å². The molecule has 0 spiro atoms. The van der Waals surface area contributed by atoms with Gasteiger partial charge < -0.3 is 4.74 Å². The lowest BCUT2D eigenvalue weighted by Gasteiger charge is -2.10. The van der Waals surface area contributed by atoms with Crippen LogP contribution in [0.2, 0.25) is 0 Å². The second kappa shape index (κ2) is 7.54. The van der Waals surface area contributed by atoms with Crippen molar-refractivity contribution in [3.8, 4) is 5.75 Å². The van der Waals surface area contributed by atoms with Crippen molar-refractivity contribution in [1.29, 1.82) is 0 Å². The molecule has 0 saturated carbocycles. The summed E-state index contributed by atoms with van der Waals surface area (Å²) in [4.78, 5) is 0. The minimum atomic E-state index is 0.901. The van der Waals surface area contributed by atoms with Gasteiger partial charge in [0.15, 0.2) is 0 Å². The van der Waals surface area contributed by atoms with E-state index in [1.54, 1.807) is 0 Å². The fraction of sp³-hybridized carbons (Fsp3) is 0.263. The predicted molar refractivity (Wildman–Crippen MR) is 85.0 cm³/mol. The minimum Gasteiger partial charge on any atom is -0.465 e. The van der Waals surface area contributed by atoms with Gasteiger partial charge >= 0.3 is 0 Å². The van der Waals surface area contributed by atoms with E-state index in [-0.39, 0.29) is 0 Å². The molecule has 0 aliphatic rings. The van der Waals surface area contributed by atoms with E-state index in [0.717, 1.165) is 25.0 Å². The Labute approximate surface area is 121 Å². The summed E-state index contributed by atoms with van der Waals surface area (Å²) in [5.74, 6) is 0.954. The molecule has 0 aromatic heterocycles.